The summed E-state index contributed by atoms with van der Waals surface area (Å²) < 4.78 is 35.7. The molecule has 0 amide bonds. The lowest BCUT2D eigenvalue weighted by atomic mass is 10.2. The van der Waals surface area contributed by atoms with Crippen LogP contribution in [0.25, 0.3) is 0 Å². The van der Waals surface area contributed by atoms with Crippen LogP contribution in [-0.4, -0.2) is 11.3 Å². The van der Waals surface area contributed by atoms with Crippen molar-refractivity contribution in [3.63, 3.8) is 0 Å². The molecule has 0 saturated heterocycles. The fourth-order valence-corrected chi connectivity index (χ4v) is 0.649. The van der Waals surface area contributed by atoms with Gasteiger partial charge in [0.1, 0.15) is 5.69 Å². The number of rotatable bonds is 1. The molecule has 2 nitrogen and oxygen atoms in total. The van der Waals surface area contributed by atoms with Crippen LogP contribution in [0.3, 0.4) is 0 Å². The second-order valence-electron chi connectivity index (χ2n) is 2.03. The highest BCUT2D eigenvalue weighted by molar-refractivity contribution is 5.75. The van der Waals surface area contributed by atoms with E-state index >= 15 is 0 Å². The first kappa shape index (κ1) is 8.70. The van der Waals surface area contributed by atoms with E-state index in [1.807, 2.05) is 0 Å². The first-order valence-corrected chi connectivity index (χ1v) is 2.95. The SMILES string of the molecule is O=[C]c1ccnc(C(F)(F)F)c1. The van der Waals surface area contributed by atoms with E-state index in [0.29, 0.717) is 6.07 Å². The number of nitrogens with zero attached hydrogens (tertiary/aromatic N) is 1. The van der Waals surface area contributed by atoms with Gasteiger partial charge in [0.05, 0.1) is 0 Å². The van der Waals surface area contributed by atoms with Gasteiger partial charge in [-0.25, -0.2) is 0 Å². The first-order valence-electron chi connectivity index (χ1n) is 2.95. The Morgan fingerprint density at radius 2 is 2.08 bits per heavy atom. The summed E-state index contributed by atoms with van der Waals surface area (Å²) in [7, 11) is 0. The lowest BCUT2D eigenvalue weighted by Gasteiger charge is -2.03. The molecule has 0 atom stereocenters. The summed E-state index contributed by atoms with van der Waals surface area (Å²) in [4.78, 5) is 13.0. The molecule has 0 N–H and O–H groups in total. The smallest absolute Gasteiger partial charge is 0.285 e. The van der Waals surface area contributed by atoms with Gasteiger partial charge in [0.15, 0.2) is 0 Å². The minimum atomic E-state index is -4.51. The zero-order chi connectivity index (χ0) is 9.19. The van der Waals surface area contributed by atoms with E-state index in [1.54, 1.807) is 0 Å². The fraction of sp³-hybridized carbons (Fsp3) is 0.143. The van der Waals surface area contributed by atoms with Crippen molar-refractivity contribution in [2.75, 3.05) is 0 Å². The van der Waals surface area contributed by atoms with Crippen molar-refractivity contribution in [2.45, 2.75) is 6.18 Å². The highest BCUT2D eigenvalue weighted by Gasteiger charge is 2.32. The molecule has 0 bridgehead atoms. The Balaban J connectivity index is 3.10. The second kappa shape index (κ2) is 2.92. The number of aromatic nitrogens is 1. The molecule has 1 rings (SSSR count). The topological polar surface area (TPSA) is 30.0 Å². The van der Waals surface area contributed by atoms with Crippen LogP contribution in [0, 0.1) is 0 Å². The molecule has 0 aliphatic carbocycles. The van der Waals surface area contributed by atoms with Gasteiger partial charge in [0, 0.05) is 11.8 Å². The molecule has 12 heavy (non-hydrogen) atoms. The Hall–Kier alpha value is -1.39. The van der Waals surface area contributed by atoms with Crippen LogP contribution in [0.2, 0.25) is 0 Å². The van der Waals surface area contributed by atoms with Crippen LogP contribution in [-0.2, 0) is 11.0 Å². The molecule has 0 aliphatic heterocycles. The van der Waals surface area contributed by atoms with Crippen LogP contribution in [0.15, 0.2) is 18.3 Å². The molecule has 63 valence electrons. The van der Waals surface area contributed by atoms with Crippen molar-refractivity contribution in [2.24, 2.45) is 0 Å². The quantitative estimate of drug-likeness (QED) is 0.646. The van der Waals surface area contributed by atoms with E-state index in [9.17, 15) is 18.0 Å². The predicted molar refractivity (Wildman–Crippen MR) is 34.0 cm³/mol. The fourth-order valence-electron chi connectivity index (χ4n) is 0.649. The predicted octanol–water partition coefficient (Wildman–Crippen LogP) is 1.56. The third-order valence-corrected chi connectivity index (χ3v) is 1.17. The summed E-state index contributed by atoms with van der Waals surface area (Å²) in [5.74, 6) is 0. The molecule has 1 aromatic rings. The number of hydrogen-bond acceptors (Lipinski definition) is 2. The van der Waals surface area contributed by atoms with Gasteiger partial charge in [-0.3, -0.25) is 9.78 Å². The molecule has 0 spiro atoms. The molecule has 1 aromatic heterocycles. The number of pyridine rings is 1. The maximum absolute atomic E-state index is 11.9. The van der Waals surface area contributed by atoms with Crippen LogP contribution in [0.5, 0.6) is 0 Å². The summed E-state index contributed by atoms with van der Waals surface area (Å²) in [6.45, 7) is 0. The Morgan fingerprint density at radius 3 is 2.58 bits per heavy atom. The number of hydrogen-bond donors (Lipinski definition) is 0. The maximum atomic E-state index is 11.9. The molecular formula is C7H3F3NO. The molecular weight excluding hydrogens is 171 g/mol. The number of carbonyl (C=O) groups excluding carboxylic acids is 1. The Morgan fingerprint density at radius 1 is 1.42 bits per heavy atom. The zero-order valence-corrected chi connectivity index (χ0v) is 5.72. The van der Waals surface area contributed by atoms with E-state index < -0.39 is 11.9 Å². The van der Waals surface area contributed by atoms with Crippen LogP contribution >= 0.6 is 0 Å². The van der Waals surface area contributed by atoms with Crippen molar-refractivity contribution < 1.29 is 18.0 Å². The van der Waals surface area contributed by atoms with Gasteiger partial charge in [-0.05, 0) is 12.1 Å². The summed E-state index contributed by atoms with van der Waals surface area (Å²) >= 11 is 0. The lowest BCUT2D eigenvalue weighted by Crippen LogP contribution is -2.07. The molecule has 0 saturated carbocycles. The van der Waals surface area contributed by atoms with E-state index in [1.165, 1.54) is 6.29 Å². The van der Waals surface area contributed by atoms with Crippen molar-refractivity contribution in [1.29, 1.82) is 0 Å². The van der Waals surface area contributed by atoms with Gasteiger partial charge in [0.25, 0.3) is 0 Å². The van der Waals surface area contributed by atoms with E-state index in [-0.39, 0.29) is 5.56 Å². The van der Waals surface area contributed by atoms with Crippen molar-refractivity contribution in [3.05, 3.63) is 29.6 Å². The molecule has 0 aliphatic rings. The first-order chi connectivity index (χ1) is 5.54. The molecule has 0 aromatic carbocycles. The standard InChI is InChI=1S/C7H3F3NO/c8-7(9,10)6-3-5(4-12)1-2-11-6/h1-3H. The number of alkyl halides is 3. The number of halogens is 3. The van der Waals surface area contributed by atoms with Crippen LogP contribution < -0.4 is 0 Å². The van der Waals surface area contributed by atoms with Crippen molar-refractivity contribution in [1.82, 2.24) is 4.98 Å². The molecule has 1 radical (unpaired) electrons. The van der Waals surface area contributed by atoms with Crippen molar-refractivity contribution in [3.8, 4) is 0 Å². The van der Waals surface area contributed by atoms with Gasteiger partial charge >= 0.3 is 6.18 Å². The molecule has 1 heterocycles. The molecule has 0 fully saturated rings. The normalized spacial score (nSPS) is 11.2. The average Bonchev–Trinajstić information content (AvgIpc) is 2.03. The van der Waals surface area contributed by atoms with E-state index in [2.05, 4.69) is 4.98 Å². The molecule has 5 heteroatoms. The van der Waals surface area contributed by atoms with Gasteiger partial charge in [-0.2, -0.15) is 13.2 Å². The van der Waals surface area contributed by atoms with E-state index in [0.717, 1.165) is 12.3 Å². The zero-order valence-electron chi connectivity index (χ0n) is 5.72. The average molecular weight is 174 g/mol. The highest BCUT2D eigenvalue weighted by Crippen LogP contribution is 2.27. The van der Waals surface area contributed by atoms with Crippen LogP contribution in [0.4, 0.5) is 13.2 Å². The lowest BCUT2D eigenvalue weighted by molar-refractivity contribution is -0.141. The van der Waals surface area contributed by atoms with Gasteiger partial charge < -0.3 is 0 Å². The van der Waals surface area contributed by atoms with E-state index in [4.69, 9.17) is 0 Å². The summed E-state index contributed by atoms with van der Waals surface area (Å²) in [5, 5.41) is 0. The molecule has 0 unspecified atom stereocenters. The highest BCUT2D eigenvalue weighted by atomic mass is 19.4. The third-order valence-electron chi connectivity index (χ3n) is 1.17. The largest absolute Gasteiger partial charge is 0.433 e. The Kier molecular flexibility index (Phi) is 2.12. The van der Waals surface area contributed by atoms with Gasteiger partial charge in [0.2, 0.25) is 6.29 Å². The Bertz CT molecular complexity index is 295. The summed E-state index contributed by atoms with van der Waals surface area (Å²) in [6, 6.07) is 1.80. The minimum Gasteiger partial charge on any atom is -0.285 e. The monoisotopic (exact) mass is 174 g/mol. The summed E-state index contributed by atoms with van der Waals surface area (Å²) in [5.41, 5.74) is -1.24. The van der Waals surface area contributed by atoms with Crippen molar-refractivity contribution >= 4 is 6.29 Å². The van der Waals surface area contributed by atoms with Gasteiger partial charge in [-0.1, -0.05) is 0 Å². The maximum Gasteiger partial charge on any atom is 0.433 e. The Labute approximate surface area is 66.0 Å². The third kappa shape index (κ3) is 1.81. The second-order valence-corrected chi connectivity index (χ2v) is 2.03. The van der Waals surface area contributed by atoms with Crippen LogP contribution in [0.1, 0.15) is 11.3 Å². The summed E-state index contributed by atoms with van der Waals surface area (Å²) in [6.07, 6.45) is -2.24. The minimum absolute atomic E-state index is 0.155. The van der Waals surface area contributed by atoms with Gasteiger partial charge in [-0.15, -0.1) is 0 Å².